The summed E-state index contributed by atoms with van der Waals surface area (Å²) in [6.45, 7) is 16.4. The minimum atomic E-state index is -0.745. The summed E-state index contributed by atoms with van der Waals surface area (Å²) < 4.78 is 18.7. The lowest BCUT2D eigenvalue weighted by Gasteiger charge is -2.39. The summed E-state index contributed by atoms with van der Waals surface area (Å²) in [5, 5.41) is 18.9. The first-order valence-electron chi connectivity index (χ1n) is 11.2. The molecule has 1 amide bonds. The lowest BCUT2D eigenvalue weighted by Crippen LogP contribution is -2.56. The topological polar surface area (TPSA) is 112 Å². The Morgan fingerprint density at radius 2 is 2.03 bits per heavy atom. The molecule has 0 bridgehead atoms. The second kappa shape index (κ2) is 10.7. The lowest BCUT2D eigenvalue weighted by molar-refractivity contribution is -0.0659. The highest BCUT2D eigenvalue weighted by Gasteiger charge is 2.39. The van der Waals surface area contributed by atoms with Gasteiger partial charge in [0.2, 0.25) is 0 Å². The highest BCUT2D eigenvalue weighted by Crippen LogP contribution is 2.28. The molecule has 1 saturated heterocycles. The summed E-state index contributed by atoms with van der Waals surface area (Å²) in [4.78, 5) is 12.5. The van der Waals surface area contributed by atoms with E-state index in [1.54, 1.807) is 4.68 Å². The molecular formula is C21H40N6O4. The second-order valence-corrected chi connectivity index (χ2v) is 9.88. The Morgan fingerprint density at radius 1 is 1.29 bits per heavy atom. The van der Waals surface area contributed by atoms with Gasteiger partial charge in [-0.15, -0.1) is 5.10 Å². The summed E-state index contributed by atoms with van der Waals surface area (Å²) in [5.74, 6) is 0.625. The van der Waals surface area contributed by atoms with Crippen LogP contribution in [-0.4, -0.2) is 69.4 Å². The quantitative estimate of drug-likeness (QED) is 0.534. The largest absolute Gasteiger partial charge is 0.444 e. The number of hydrogen-bond acceptors (Lipinski definition) is 8. The maximum absolute atomic E-state index is 12.5. The molecule has 1 aliphatic rings. The van der Waals surface area contributed by atoms with Crippen molar-refractivity contribution in [2.45, 2.75) is 97.1 Å². The van der Waals surface area contributed by atoms with E-state index >= 15 is 0 Å². The Morgan fingerprint density at radius 3 is 2.65 bits per heavy atom. The molecule has 0 spiro atoms. The van der Waals surface area contributed by atoms with Gasteiger partial charge in [0.05, 0.1) is 30.3 Å². The average Bonchev–Trinajstić information content (AvgIpc) is 3.08. The number of carbonyl (C=O) groups is 1. The van der Waals surface area contributed by atoms with Gasteiger partial charge in [-0.25, -0.2) is 9.48 Å². The summed E-state index contributed by atoms with van der Waals surface area (Å²) in [6.07, 6.45) is 2.70. The number of nitrogens with one attached hydrogen (secondary N) is 2. The summed E-state index contributed by atoms with van der Waals surface area (Å²) in [7, 11) is 0. The van der Waals surface area contributed by atoms with Gasteiger partial charge in [0.15, 0.2) is 5.82 Å². The van der Waals surface area contributed by atoms with Crippen LogP contribution >= 0.6 is 0 Å². The van der Waals surface area contributed by atoms with E-state index in [2.05, 4.69) is 33.1 Å². The second-order valence-electron chi connectivity index (χ2n) is 9.88. The molecule has 1 aromatic rings. The van der Waals surface area contributed by atoms with E-state index in [9.17, 15) is 4.79 Å². The number of hydrogen-bond donors (Lipinski definition) is 2. The molecule has 2 atom stereocenters. The van der Waals surface area contributed by atoms with Gasteiger partial charge in [-0.1, -0.05) is 0 Å². The molecule has 0 aliphatic carbocycles. The Bertz CT molecular complexity index is 694. The van der Waals surface area contributed by atoms with Crippen LogP contribution in [0.2, 0.25) is 0 Å². The smallest absolute Gasteiger partial charge is 0.408 e. The molecule has 2 rings (SSSR count). The number of ether oxygens (including phenoxy) is 3. The molecule has 0 radical (unpaired) electrons. The van der Waals surface area contributed by atoms with Crippen LogP contribution in [0.4, 0.5) is 4.79 Å². The van der Waals surface area contributed by atoms with E-state index in [1.807, 2.05) is 41.5 Å². The first kappa shape index (κ1) is 25.5. The minimum absolute atomic E-state index is 0.276. The molecule has 0 saturated carbocycles. The normalized spacial score (nSPS) is 21.0. The first-order chi connectivity index (χ1) is 14.5. The van der Waals surface area contributed by atoms with Crippen LogP contribution in [0.15, 0.2) is 0 Å². The molecule has 2 heterocycles. The molecule has 178 valence electrons. The third kappa shape index (κ3) is 8.01. The molecule has 2 unspecified atom stereocenters. The van der Waals surface area contributed by atoms with Crippen molar-refractivity contribution in [3.8, 4) is 0 Å². The SMILES string of the molecule is CCOCCn1nnnc1C(NCC1(C)CCCCO1)C(C)(C)NC(=O)OC(C)(C)C. The monoisotopic (exact) mass is 440 g/mol. The number of nitrogens with zero attached hydrogens (tertiary/aromatic N) is 4. The highest BCUT2D eigenvalue weighted by molar-refractivity contribution is 5.68. The van der Waals surface area contributed by atoms with E-state index in [4.69, 9.17) is 14.2 Å². The summed E-state index contributed by atoms with van der Waals surface area (Å²) in [6, 6.07) is -0.376. The Hall–Kier alpha value is -1.78. The van der Waals surface area contributed by atoms with E-state index in [0.717, 1.165) is 25.9 Å². The maximum Gasteiger partial charge on any atom is 0.408 e. The number of tetrazole rings is 1. The summed E-state index contributed by atoms with van der Waals surface area (Å²) in [5.41, 5.74) is -1.61. The highest BCUT2D eigenvalue weighted by atomic mass is 16.6. The van der Waals surface area contributed by atoms with Crippen molar-refractivity contribution >= 4 is 6.09 Å². The zero-order valence-electron chi connectivity index (χ0n) is 20.2. The molecule has 31 heavy (non-hydrogen) atoms. The van der Waals surface area contributed by atoms with E-state index in [0.29, 0.717) is 32.1 Å². The first-order valence-corrected chi connectivity index (χ1v) is 11.2. The number of carbonyl (C=O) groups excluding carboxylic acids is 1. The van der Waals surface area contributed by atoms with E-state index in [-0.39, 0.29) is 11.6 Å². The fourth-order valence-corrected chi connectivity index (χ4v) is 3.63. The van der Waals surface area contributed by atoms with Gasteiger partial charge in [-0.2, -0.15) is 0 Å². The predicted molar refractivity (Wildman–Crippen MR) is 117 cm³/mol. The van der Waals surface area contributed by atoms with Gasteiger partial charge >= 0.3 is 6.09 Å². The predicted octanol–water partition coefficient (Wildman–Crippen LogP) is 2.60. The van der Waals surface area contributed by atoms with Gasteiger partial charge in [-0.05, 0) is 78.2 Å². The third-order valence-corrected chi connectivity index (χ3v) is 5.24. The third-order valence-electron chi connectivity index (χ3n) is 5.24. The van der Waals surface area contributed by atoms with Crippen molar-refractivity contribution in [2.75, 3.05) is 26.4 Å². The number of rotatable bonds is 10. The van der Waals surface area contributed by atoms with Crippen molar-refractivity contribution in [3.05, 3.63) is 5.82 Å². The van der Waals surface area contributed by atoms with Gasteiger partial charge in [0.1, 0.15) is 5.60 Å². The molecule has 0 aromatic carbocycles. The average molecular weight is 441 g/mol. The molecule has 2 N–H and O–H groups in total. The maximum atomic E-state index is 12.5. The number of alkyl carbamates (subject to hydrolysis) is 1. The van der Waals surface area contributed by atoms with Crippen LogP contribution < -0.4 is 10.6 Å². The lowest BCUT2D eigenvalue weighted by atomic mass is 9.91. The van der Waals surface area contributed by atoms with Gasteiger partial charge in [0.25, 0.3) is 0 Å². The van der Waals surface area contributed by atoms with Crippen molar-refractivity contribution < 1.29 is 19.0 Å². The Labute approximate surface area is 185 Å². The fourth-order valence-electron chi connectivity index (χ4n) is 3.63. The van der Waals surface area contributed by atoms with Crippen molar-refractivity contribution in [1.29, 1.82) is 0 Å². The number of aromatic nitrogens is 4. The molecule has 1 aliphatic heterocycles. The van der Waals surface area contributed by atoms with Gasteiger partial charge in [-0.3, -0.25) is 0 Å². The van der Waals surface area contributed by atoms with Crippen molar-refractivity contribution in [1.82, 2.24) is 30.8 Å². The minimum Gasteiger partial charge on any atom is -0.444 e. The van der Waals surface area contributed by atoms with Gasteiger partial charge < -0.3 is 24.8 Å². The fraction of sp³-hybridized carbons (Fsp3) is 0.905. The van der Waals surface area contributed by atoms with Crippen molar-refractivity contribution in [2.24, 2.45) is 0 Å². The zero-order valence-corrected chi connectivity index (χ0v) is 20.2. The van der Waals surface area contributed by atoms with Gasteiger partial charge in [0, 0.05) is 19.8 Å². The Kier molecular flexibility index (Phi) is 8.79. The standard InChI is InChI=1S/C21H40N6O4/c1-8-29-14-12-27-17(24-25-26-27)16(22-15-21(7)11-9-10-13-30-21)20(5,6)23-18(28)31-19(2,3)4/h16,22H,8-15H2,1-7H3,(H,23,28). The van der Waals surface area contributed by atoms with E-state index in [1.165, 1.54) is 0 Å². The van der Waals surface area contributed by atoms with Crippen LogP contribution in [0, 0.1) is 0 Å². The zero-order chi connectivity index (χ0) is 23.1. The van der Waals surface area contributed by atoms with Crippen molar-refractivity contribution in [3.63, 3.8) is 0 Å². The molecule has 10 heteroatoms. The van der Waals surface area contributed by atoms with E-state index < -0.39 is 17.2 Å². The molecule has 10 nitrogen and oxygen atoms in total. The Balaban J connectivity index is 2.22. The van der Waals surface area contributed by atoms with Crippen LogP contribution in [0.3, 0.4) is 0 Å². The number of amides is 1. The molecule has 1 aromatic heterocycles. The van der Waals surface area contributed by atoms with Crippen LogP contribution in [0.1, 0.15) is 79.6 Å². The molecule has 1 fully saturated rings. The summed E-state index contributed by atoms with van der Waals surface area (Å²) >= 11 is 0. The molecular weight excluding hydrogens is 400 g/mol. The van der Waals surface area contributed by atoms with Crippen LogP contribution in [0.5, 0.6) is 0 Å². The van der Waals surface area contributed by atoms with Crippen LogP contribution in [-0.2, 0) is 20.8 Å². The van der Waals surface area contributed by atoms with Crippen LogP contribution in [0.25, 0.3) is 0 Å².